The smallest absolute Gasteiger partial charge is 0.237 e. The van der Waals surface area contributed by atoms with Gasteiger partial charge in [0.05, 0.1) is 12.1 Å². The summed E-state index contributed by atoms with van der Waals surface area (Å²) in [5, 5.41) is 19.8. The summed E-state index contributed by atoms with van der Waals surface area (Å²) in [5.41, 5.74) is 0.893. The second-order valence-electron chi connectivity index (χ2n) is 4.90. The van der Waals surface area contributed by atoms with E-state index in [1.165, 1.54) is 0 Å². The second kappa shape index (κ2) is 8.30. The van der Waals surface area contributed by atoms with Gasteiger partial charge in [0, 0.05) is 12.6 Å². The van der Waals surface area contributed by atoms with Crippen molar-refractivity contribution in [2.75, 3.05) is 6.54 Å². The van der Waals surface area contributed by atoms with Gasteiger partial charge in [0.1, 0.15) is 0 Å². The van der Waals surface area contributed by atoms with Gasteiger partial charge in [-0.15, -0.1) is 0 Å². The van der Waals surface area contributed by atoms with Gasteiger partial charge in [-0.25, -0.2) is 0 Å². The molecule has 0 spiro atoms. The molecule has 3 N–H and O–H groups in total. The zero-order chi connectivity index (χ0) is 14.3. The normalized spacial score (nSPS) is 15.8. The highest BCUT2D eigenvalue weighted by atomic mass is 32.1. The molecule has 108 valence electrons. The largest absolute Gasteiger partial charge is 0.387 e. The first-order valence-corrected chi connectivity index (χ1v) is 7.72. The van der Waals surface area contributed by atoms with Crippen LogP contribution in [0.15, 0.2) is 16.8 Å². The molecule has 0 saturated carbocycles. The minimum absolute atomic E-state index is 0.0153. The van der Waals surface area contributed by atoms with Crippen molar-refractivity contribution in [1.29, 1.82) is 0 Å². The molecule has 0 saturated heterocycles. The molecule has 1 heterocycles. The molecule has 0 aliphatic carbocycles. The van der Waals surface area contributed by atoms with E-state index in [1.807, 2.05) is 30.7 Å². The minimum atomic E-state index is -0.561. The molecule has 0 fully saturated rings. The predicted octanol–water partition coefficient (Wildman–Crippen LogP) is 2.06. The molecule has 0 aliphatic heterocycles. The highest BCUT2D eigenvalue weighted by Gasteiger charge is 2.16. The number of thiophene rings is 1. The average Bonchev–Trinajstić information content (AvgIpc) is 2.89. The summed E-state index contributed by atoms with van der Waals surface area (Å²) in [5.74, 6) is -0.0153. The van der Waals surface area contributed by atoms with Crippen molar-refractivity contribution in [2.45, 2.75) is 51.8 Å². The Hall–Kier alpha value is -0.910. The third-order valence-electron chi connectivity index (χ3n) is 3.05. The van der Waals surface area contributed by atoms with E-state index in [4.69, 9.17) is 0 Å². The molecule has 3 atom stereocenters. The Morgan fingerprint density at radius 2 is 2.21 bits per heavy atom. The summed E-state index contributed by atoms with van der Waals surface area (Å²) in [6.07, 6.45) is 1.48. The average molecular weight is 284 g/mol. The third-order valence-corrected chi connectivity index (χ3v) is 3.75. The van der Waals surface area contributed by atoms with Gasteiger partial charge in [-0.05, 0) is 42.7 Å². The Bertz CT molecular complexity index is 368. The number of aliphatic hydroxyl groups excluding tert-OH is 1. The van der Waals surface area contributed by atoms with Crippen molar-refractivity contribution in [2.24, 2.45) is 0 Å². The molecule has 0 bridgehead atoms. The Morgan fingerprint density at radius 3 is 2.79 bits per heavy atom. The monoisotopic (exact) mass is 284 g/mol. The maximum absolute atomic E-state index is 11.9. The van der Waals surface area contributed by atoms with E-state index in [0.717, 1.165) is 18.4 Å². The number of amides is 1. The van der Waals surface area contributed by atoms with Crippen molar-refractivity contribution in [1.82, 2.24) is 10.6 Å². The van der Waals surface area contributed by atoms with Crippen molar-refractivity contribution < 1.29 is 9.90 Å². The van der Waals surface area contributed by atoms with Gasteiger partial charge in [-0.1, -0.05) is 13.3 Å². The lowest BCUT2D eigenvalue weighted by atomic mass is 10.1. The summed E-state index contributed by atoms with van der Waals surface area (Å²) in [6.45, 7) is 6.30. The van der Waals surface area contributed by atoms with Crippen LogP contribution in [0.4, 0.5) is 0 Å². The summed E-state index contributed by atoms with van der Waals surface area (Å²) < 4.78 is 0. The fourth-order valence-corrected chi connectivity index (χ4v) is 2.54. The Balaban J connectivity index is 2.30. The first-order valence-electron chi connectivity index (χ1n) is 6.78. The molecular formula is C14H24N2O2S. The van der Waals surface area contributed by atoms with Crippen LogP contribution in [0, 0.1) is 0 Å². The van der Waals surface area contributed by atoms with E-state index in [9.17, 15) is 9.90 Å². The standard InChI is InChI=1S/C14H24N2O2S/c1-4-5-10(2)16-14(18)11(3)15-8-13(17)12-6-7-19-9-12/h6-7,9-11,13,15,17H,4-5,8H2,1-3H3,(H,16,18). The molecule has 0 aromatic carbocycles. The zero-order valence-electron chi connectivity index (χ0n) is 11.8. The minimum Gasteiger partial charge on any atom is -0.387 e. The lowest BCUT2D eigenvalue weighted by Gasteiger charge is -2.19. The topological polar surface area (TPSA) is 61.4 Å². The molecule has 19 heavy (non-hydrogen) atoms. The molecule has 1 aromatic rings. The van der Waals surface area contributed by atoms with Gasteiger partial charge in [0.25, 0.3) is 0 Å². The molecular weight excluding hydrogens is 260 g/mol. The SMILES string of the molecule is CCCC(C)NC(=O)C(C)NCC(O)c1ccsc1. The van der Waals surface area contributed by atoms with Crippen LogP contribution in [0.5, 0.6) is 0 Å². The Morgan fingerprint density at radius 1 is 1.47 bits per heavy atom. The quantitative estimate of drug-likeness (QED) is 0.685. The summed E-state index contributed by atoms with van der Waals surface area (Å²) >= 11 is 1.56. The number of carbonyl (C=O) groups excluding carboxylic acids is 1. The molecule has 4 nitrogen and oxygen atoms in total. The van der Waals surface area contributed by atoms with E-state index < -0.39 is 6.10 Å². The van der Waals surface area contributed by atoms with Gasteiger partial charge < -0.3 is 15.7 Å². The van der Waals surface area contributed by atoms with Crippen LogP contribution >= 0.6 is 11.3 Å². The fourth-order valence-electron chi connectivity index (χ4n) is 1.84. The van der Waals surface area contributed by atoms with Gasteiger partial charge in [-0.3, -0.25) is 4.79 Å². The highest BCUT2D eigenvalue weighted by molar-refractivity contribution is 7.07. The number of carbonyl (C=O) groups is 1. The number of nitrogens with one attached hydrogen (secondary N) is 2. The molecule has 3 unspecified atom stereocenters. The summed E-state index contributed by atoms with van der Waals surface area (Å²) in [7, 11) is 0. The summed E-state index contributed by atoms with van der Waals surface area (Å²) in [6, 6.07) is 1.79. The molecule has 0 aliphatic rings. The van der Waals surface area contributed by atoms with Crippen LogP contribution in [0.25, 0.3) is 0 Å². The molecule has 1 aromatic heterocycles. The number of hydrogen-bond donors (Lipinski definition) is 3. The van der Waals surface area contributed by atoms with Crippen LogP contribution in [0.3, 0.4) is 0 Å². The van der Waals surface area contributed by atoms with Gasteiger partial charge in [0.15, 0.2) is 0 Å². The van der Waals surface area contributed by atoms with E-state index in [0.29, 0.717) is 6.54 Å². The molecule has 5 heteroatoms. The first kappa shape index (κ1) is 16.1. The number of rotatable bonds is 8. The molecule has 1 amide bonds. The van der Waals surface area contributed by atoms with Crippen molar-refractivity contribution in [3.8, 4) is 0 Å². The maximum atomic E-state index is 11.9. The molecule has 1 rings (SSSR count). The van der Waals surface area contributed by atoms with Gasteiger partial charge >= 0.3 is 0 Å². The Kier molecular flexibility index (Phi) is 7.05. The van der Waals surface area contributed by atoms with E-state index in [1.54, 1.807) is 11.3 Å². The van der Waals surface area contributed by atoms with E-state index in [-0.39, 0.29) is 18.0 Å². The fraction of sp³-hybridized carbons (Fsp3) is 0.643. The van der Waals surface area contributed by atoms with Gasteiger partial charge in [-0.2, -0.15) is 11.3 Å². The first-order chi connectivity index (χ1) is 9.04. The highest BCUT2D eigenvalue weighted by Crippen LogP contribution is 2.15. The lowest BCUT2D eigenvalue weighted by molar-refractivity contribution is -0.123. The second-order valence-corrected chi connectivity index (χ2v) is 5.68. The molecule has 0 radical (unpaired) electrons. The van der Waals surface area contributed by atoms with E-state index in [2.05, 4.69) is 17.6 Å². The zero-order valence-corrected chi connectivity index (χ0v) is 12.7. The van der Waals surface area contributed by atoms with Crippen molar-refractivity contribution in [3.63, 3.8) is 0 Å². The number of aliphatic hydroxyl groups is 1. The van der Waals surface area contributed by atoms with Crippen LogP contribution in [0.2, 0.25) is 0 Å². The predicted molar refractivity (Wildman–Crippen MR) is 79.3 cm³/mol. The van der Waals surface area contributed by atoms with Crippen molar-refractivity contribution in [3.05, 3.63) is 22.4 Å². The van der Waals surface area contributed by atoms with Gasteiger partial charge in [0.2, 0.25) is 5.91 Å². The summed E-state index contributed by atoms with van der Waals surface area (Å²) in [4.78, 5) is 11.9. The van der Waals surface area contributed by atoms with Crippen LogP contribution < -0.4 is 10.6 Å². The number of hydrogen-bond acceptors (Lipinski definition) is 4. The lowest BCUT2D eigenvalue weighted by Crippen LogP contribution is -2.46. The third kappa shape index (κ3) is 5.72. The van der Waals surface area contributed by atoms with Crippen LogP contribution in [-0.2, 0) is 4.79 Å². The van der Waals surface area contributed by atoms with Crippen LogP contribution in [0.1, 0.15) is 45.3 Å². The van der Waals surface area contributed by atoms with Crippen LogP contribution in [-0.4, -0.2) is 29.6 Å². The Labute approximate surface area is 119 Å². The van der Waals surface area contributed by atoms with Crippen molar-refractivity contribution >= 4 is 17.2 Å². The maximum Gasteiger partial charge on any atom is 0.237 e. The van der Waals surface area contributed by atoms with E-state index >= 15 is 0 Å².